The fourth-order valence-electron chi connectivity index (χ4n) is 4.57. The quantitative estimate of drug-likeness (QED) is 0.799. The molecule has 0 bridgehead atoms. The van der Waals surface area contributed by atoms with Gasteiger partial charge in [0.2, 0.25) is 5.91 Å². The maximum absolute atomic E-state index is 12.8. The van der Waals surface area contributed by atoms with Gasteiger partial charge in [-0.1, -0.05) is 18.2 Å². The van der Waals surface area contributed by atoms with E-state index in [4.69, 9.17) is 6.47 Å². The molecule has 1 N–H and O–H groups in total. The molecule has 160 valence electrons. The lowest BCUT2D eigenvalue weighted by Gasteiger charge is -2.38. The van der Waals surface area contributed by atoms with Gasteiger partial charge >= 0.3 is 0 Å². The van der Waals surface area contributed by atoms with Crippen LogP contribution in [0.15, 0.2) is 36.4 Å². The van der Waals surface area contributed by atoms with Crippen molar-refractivity contribution in [2.24, 2.45) is 0 Å². The number of hydrogen-bond acceptors (Lipinski definition) is 6. The second-order valence-corrected chi connectivity index (χ2v) is 9.28. The SMILES string of the molecule is [2H]C1(N2CCN(c3cc(C)nn3-c3ccccc3)CC2)CNC(C(=O)N2CCSC2)C1. The highest BCUT2D eigenvalue weighted by molar-refractivity contribution is 7.99. The van der Waals surface area contributed by atoms with Crippen LogP contribution in [-0.2, 0) is 4.79 Å². The van der Waals surface area contributed by atoms with Crippen molar-refractivity contribution in [3.05, 3.63) is 42.1 Å². The number of amides is 1. The van der Waals surface area contributed by atoms with Gasteiger partial charge in [-0.05, 0) is 25.5 Å². The van der Waals surface area contributed by atoms with Crippen LogP contribution in [-0.4, -0.2) is 88.4 Å². The fraction of sp³-hybridized carbons (Fsp3) is 0.545. The normalized spacial score (nSPS) is 28.2. The molecule has 0 saturated carbocycles. The van der Waals surface area contributed by atoms with Crippen LogP contribution in [0.2, 0.25) is 0 Å². The van der Waals surface area contributed by atoms with Gasteiger partial charge in [-0.15, -0.1) is 11.8 Å². The average Bonchev–Trinajstić information content (AvgIpc) is 3.55. The van der Waals surface area contributed by atoms with Crippen molar-refractivity contribution in [3.8, 4) is 5.69 Å². The highest BCUT2D eigenvalue weighted by Gasteiger charge is 2.36. The average molecular weight is 428 g/mol. The van der Waals surface area contributed by atoms with Crippen LogP contribution in [0.4, 0.5) is 5.82 Å². The van der Waals surface area contributed by atoms with E-state index in [0.29, 0.717) is 13.0 Å². The highest BCUT2D eigenvalue weighted by Crippen LogP contribution is 2.25. The Hall–Kier alpha value is -2.03. The van der Waals surface area contributed by atoms with Crippen molar-refractivity contribution in [2.45, 2.75) is 25.4 Å². The molecule has 1 amide bonds. The minimum Gasteiger partial charge on any atom is -0.354 e. The van der Waals surface area contributed by atoms with Crippen LogP contribution in [0.25, 0.3) is 5.69 Å². The van der Waals surface area contributed by atoms with E-state index in [9.17, 15) is 4.79 Å². The van der Waals surface area contributed by atoms with Crippen LogP contribution < -0.4 is 10.2 Å². The van der Waals surface area contributed by atoms with Gasteiger partial charge in [-0.3, -0.25) is 9.69 Å². The summed E-state index contributed by atoms with van der Waals surface area (Å²) in [4.78, 5) is 19.3. The number of thioether (sulfide) groups is 1. The molecule has 30 heavy (non-hydrogen) atoms. The number of anilines is 1. The number of aryl methyl sites for hydroxylation is 1. The summed E-state index contributed by atoms with van der Waals surface area (Å²) in [5.41, 5.74) is 2.06. The van der Waals surface area contributed by atoms with Gasteiger partial charge < -0.3 is 15.1 Å². The molecule has 3 aliphatic rings. The maximum Gasteiger partial charge on any atom is 0.240 e. The molecular weight excluding hydrogens is 396 g/mol. The number of para-hydroxylation sites is 1. The number of nitrogens with one attached hydrogen (secondary N) is 1. The Morgan fingerprint density at radius 2 is 2.00 bits per heavy atom. The van der Waals surface area contributed by atoms with E-state index in [1.54, 1.807) is 11.8 Å². The van der Waals surface area contributed by atoms with Crippen molar-refractivity contribution in [1.82, 2.24) is 24.9 Å². The van der Waals surface area contributed by atoms with Crippen molar-refractivity contribution >= 4 is 23.5 Å². The molecule has 7 nitrogen and oxygen atoms in total. The van der Waals surface area contributed by atoms with Crippen LogP contribution in [0.5, 0.6) is 0 Å². The number of piperazine rings is 1. The van der Waals surface area contributed by atoms with Crippen molar-refractivity contribution in [2.75, 3.05) is 55.8 Å². The fourth-order valence-corrected chi connectivity index (χ4v) is 5.52. The lowest BCUT2D eigenvalue weighted by Crippen LogP contribution is -2.51. The first kappa shape index (κ1) is 18.7. The maximum atomic E-state index is 12.8. The zero-order chi connectivity index (χ0) is 21.4. The van der Waals surface area contributed by atoms with E-state index in [1.165, 1.54) is 0 Å². The van der Waals surface area contributed by atoms with Gasteiger partial charge in [0.15, 0.2) is 0 Å². The molecule has 0 spiro atoms. The van der Waals surface area contributed by atoms with Crippen molar-refractivity contribution in [3.63, 3.8) is 0 Å². The molecule has 0 radical (unpaired) electrons. The minimum absolute atomic E-state index is 0.167. The van der Waals surface area contributed by atoms with Gasteiger partial charge in [0.05, 0.1) is 23.3 Å². The van der Waals surface area contributed by atoms with Crippen molar-refractivity contribution in [1.29, 1.82) is 0 Å². The molecule has 2 atom stereocenters. The second-order valence-electron chi connectivity index (χ2n) is 8.21. The monoisotopic (exact) mass is 427 g/mol. The predicted molar refractivity (Wildman–Crippen MR) is 121 cm³/mol. The molecule has 8 heteroatoms. The zero-order valence-corrected chi connectivity index (χ0v) is 18.3. The summed E-state index contributed by atoms with van der Waals surface area (Å²) in [5, 5.41) is 8.04. The molecule has 1 aromatic carbocycles. The van der Waals surface area contributed by atoms with E-state index in [1.807, 2.05) is 34.7 Å². The van der Waals surface area contributed by atoms with E-state index in [2.05, 4.69) is 33.3 Å². The van der Waals surface area contributed by atoms with Gasteiger partial charge in [-0.2, -0.15) is 5.10 Å². The number of carbonyl (C=O) groups is 1. The van der Waals surface area contributed by atoms with Crippen molar-refractivity contribution < 1.29 is 6.17 Å². The molecule has 3 saturated heterocycles. The molecule has 3 aliphatic heterocycles. The molecule has 0 aliphatic carbocycles. The number of aromatic nitrogens is 2. The Kier molecular flexibility index (Phi) is 5.37. The van der Waals surface area contributed by atoms with E-state index < -0.39 is 6.02 Å². The molecule has 3 fully saturated rings. The van der Waals surface area contributed by atoms with E-state index >= 15 is 0 Å². The molecular formula is C22H30N6OS. The molecule has 2 aromatic rings. The number of benzene rings is 1. The summed E-state index contributed by atoms with van der Waals surface area (Å²) in [5.74, 6) is 3.08. The van der Waals surface area contributed by atoms with Crippen LogP contribution in [0.3, 0.4) is 0 Å². The number of hydrogen-bond donors (Lipinski definition) is 1. The Bertz CT molecular complexity index is 925. The highest BCUT2D eigenvalue weighted by atomic mass is 32.2. The molecule has 4 heterocycles. The van der Waals surface area contributed by atoms with E-state index in [0.717, 1.165) is 61.6 Å². The standard InChI is InChI=1S/C22H30N6OS/c1-17-13-21(28(24-17)18-5-3-2-4-6-18)26-9-7-25(8-10-26)19-14-20(23-15-19)22(29)27-11-12-30-16-27/h2-6,13,19-20,23H,7-12,14-16H2,1H3/i19D. The number of rotatable bonds is 4. The van der Waals surface area contributed by atoms with Gasteiger partial charge in [-0.25, -0.2) is 4.68 Å². The summed E-state index contributed by atoms with van der Waals surface area (Å²) in [6, 6.07) is 11.4. The summed E-state index contributed by atoms with van der Waals surface area (Å²) < 4.78 is 11.1. The number of nitrogens with zero attached hydrogens (tertiary/aromatic N) is 5. The first-order chi connectivity index (χ1) is 15.0. The van der Waals surface area contributed by atoms with E-state index in [-0.39, 0.29) is 11.9 Å². The lowest BCUT2D eigenvalue weighted by molar-refractivity contribution is -0.131. The third kappa shape index (κ3) is 3.96. The largest absolute Gasteiger partial charge is 0.354 e. The third-order valence-corrected chi connectivity index (χ3v) is 7.18. The summed E-state index contributed by atoms with van der Waals surface area (Å²) >= 11 is 1.80. The Morgan fingerprint density at radius 3 is 2.73 bits per heavy atom. The van der Waals surface area contributed by atoms with Crippen LogP contribution in [0, 0.1) is 6.92 Å². The Balaban J connectivity index is 1.24. The smallest absolute Gasteiger partial charge is 0.240 e. The number of carbonyl (C=O) groups excluding carboxylic acids is 1. The minimum atomic E-state index is -0.713. The summed E-state index contributed by atoms with van der Waals surface area (Å²) in [6.07, 6.45) is 0.564. The van der Waals surface area contributed by atoms with Gasteiger partial charge in [0.25, 0.3) is 0 Å². The zero-order valence-electron chi connectivity index (χ0n) is 18.5. The van der Waals surface area contributed by atoms with Gasteiger partial charge in [0.1, 0.15) is 5.82 Å². The summed E-state index contributed by atoms with van der Waals surface area (Å²) in [6.45, 7) is 6.72. The first-order valence-electron chi connectivity index (χ1n) is 11.3. The molecule has 1 aromatic heterocycles. The Labute approximate surface area is 183 Å². The predicted octanol–water partition coefficient (Wildman–Crippen LogP) is 1.57. The van der Waals surface area contributed by atoms with Crippen LogP contribution >= 0.6 is 11.8 Å². The Morgan fingerprint density at radius 1 is 1.20 bits per heavy atom. The van der Waals surface area contributed by atoms with Gasteiger partial charge in [0, 0.05) is 58.5 Å². The molecule has 2 unspecified atom stereocenters. The third-order valence-electron chi connectivity index (χ3n) is 6.22. The first-order valence-corrected chi connectivity index (χ1v) is 11.9. The topological polar surface area (TPSA) is 56.6 Å². The van der Waals surface area contributed by atoms with Crippen LogP contribution in [0.1, 0.15) is 13.5 Å². The second kappa shape index (κ2) is 8.61. The summed E-state index contributed by atoms with van der Waals surface area (Å²) in [7, 11) is 0. The lowest BCUT2D eigenvalue weighted by atomic mass is 10.1. The molecule has 5 rings (SSSR count).